The van der Waals surface area contributed by atoms with Gasteiger partial charge in [-0.05, 0) is 46.6 Å². The zero-order valence-corrected chi connectivity index (χ0v) is 14.0. The number of aromatic nitrogens is 1. The van der Waals surface area contributed by atoms with Crippen molar-refractivity contribution in [3.8, 4) is 5.75 Å². The van der Waals surface area contributed by atoms with E-state index in [9.17, 15) is 4.79 Å². The Hall–Kier alpha value is -1.59. The molecular formula is C15H14BrClN2O2. The van der Waals surface area contributed by atoms with Gasteiger partial charge in [0.1, 0.15) is 10.9 Å². The number of benzene rings is 1. The molecule has 2 aromatic rings. The molecule has 0 saturated carbocycles. The molecule has 1 aromatic carbocycles. The number of nitrogens with zero attached hydrogens (tertiary/aromatic N) is 1. The van der Waals surface area contributed by atoms with E-state index in [0.29, 0.717) is 28.6 Å². The average molecular weight is 370 g/mol. The number of methoxy groups -OCH3 is 1. The van der Waals surface area contributed by atoms with Crippen molar-refractivity contribution in [1.82, 2.24) is 4.98 Å². The Bertz CT molecular complexity index is 677. The van der Waals surface area contributed by atoms with E-state index in [4.69, 9.17) is 16.3 Å². The first kappa shape index (κ1) is 15.8. The Morgan fingerprint density at radius 3 is 2.81 bits per heavy atom. The molecule has 0 atom stereocenters. The molecule has 4 nitrogen and oxygen atoms in total. The summed E-state index contributed by atoms with van der Waals surface area (Å²) in [5.74, 6) is 0.410. The van der Waals surface area contributed by atoms with Crippen molar-refractivity contribution in [2.24, 2.45) is 0 Å². The van der Waals surface area contributed by atoms with Gasteiger partial charge in [0.25, 0.3) is 5.91 Å². The quantitative estimate of drug-likeness (QED) is 0.817. The van der Waals surface area contributed by atoms with Crippen LogP contribution in [0.2, 0.25) is 5.15 Å². The van der Waals surface area contributed by atoms with Crippen LogP contribution in [0.3, 0.4) is 0 Å². The predicted octanol–water partition coefficient (Wildman–Crippen LogP) is 4.32. The second-order valence-electron chi connectivity index (χ2n) is 4.33. The highest BCUT2D eigenvalue weighted by atomic mass is 79.9. The van der Waals surface area contributed by atoms with E-state index < -0.39 is 0 Å². The van der Waals surface area contributed by atoms with Gasteiger partial charge in [0.15, 0.2) is 0 Å². The number of ether oxygens (including phenoxy) is 1. The van der Waals surface area contributed by atoms with Gasteiger partial charge in [0, 0.05) is 23.0 Å². The molecule has 110 valence electrons. The van der Waals surface area contributed by atoms with Crippen LogP contribution in [-0.2, 0) is 6.42 Å². The first-order valence-corrected chi connectivity index (χ1v) is 7.52. The van der Waals surface area contributed by atoms with Crippen molar-refractivity contribution in [1.29, 1.82) is 0 Å². The molecule has 0 bridgehead atoms. The number of rotatable bonds is 4. The zero-order valence-electron chi connectivity index (χ0n) is 11.6. The van der Waals surface area contributed by atoms with Crippen LogP contribution in [0.4, 0.5) is 5.69 Å². The van der Waals surface area contributed by atoms with E-state index in [0.717, 1.165) is 10.2 Å². The third-order valence-corrected chi connectivity index (χ3v) is 3.73. The van der Waals surface area contributed by atoms with Gasteiger partial charge in [-0.3, -0.25) is 4.79 Å². The molecule has 21 heavy (non-hydrogen) atoms. The normalized spacial score (nSPS) is 10.3. The molecule has 0 aliphatic heterocycles. The van der Waals surface area contributed by atoms with E-state index in [2.05, 4.69) is 26.2 Å². The summed E-state index contributed by atoms with van der Waals surface area (Å²) in [5, 5.41) is 3.13. The van der Waals surface area contributed by atoms with Crippen LogP contribution >= 0.6 is 27.5 Å². The molecule has 0 aliphatic rings. The number of hydrogen-bond donors (Lipinski definition) is 1. The number of hydrogen-bond acceptors (Lipinski definition) is 3. The fourth-order valence-corrected chi connectivity index (χ4v) is 2.44. The highest BCUT2D eigenvalue weighted by Gasteiger charge is 2.10. The maximum Gasteiger partial charge on any atom is 0.255 e. The minimum Gasteiger partial charge on any atom is -0.495 e. The molecule has 1 amide bonds. The minimum absolute atomic E-state index is 0.238. The monoisotopic (exact) mass is 368 g/mol. The number of aryl methyl sites for hydroxylation is 1. The first-order valence-electron chi connectivity index (χ1n) is 6.35. The van der Waals surface area contributed by atoms with Gasteiger partial charge in [-0.25, -0.2) is 4.98 Å². The van der Waals surface area contributed by atoms with Gasteiger partial charge in [-0.15, -0.1) is 0 Å². The molecule has 0 radical (unpaired) electrons. The lowest BCUT2D eigenvalue weighted by Crippen LogP contribution is -2.12. The number of nitrogens with one attached hydrogen (secondary N) is 1. The van der Waals surface area contributed by atoms with Crippen molar-refractivity contribution in [3.05, 3.63) is 51.2 Å². The SMILES string of the molecule is CCc1cc(C(=O)Nc2ccc(Br)c(OC)c2)cc(Cl)n1. The molecule has 0 fully saturated rings. The fraction of sp³-hybridized carbons (Fsp3) is 0.200. The third kappa shape index (κ3) is 3.95. The fourth-order valence-electron chi connectivity index (χ4n) is 1.80. The van der Waals surface area contributed by atoms with Crippen LogP contribution in [0, 0.1) is 0 Å². The summed E-state index contributed by atoms with van der Waals surface area (Å²) in [6, 6.07) is 8.62. The van der Waals surface area contributed by atoms with Gasteiger partial charge in [-0.2, -0.15) is 0 Å². The van der Waals surface area contributed by atoms with Crippen LogP contribution in [0.15, 0.2) is 34.8 Å². The lowest BCUT2D eigenvalue weighted by atomic mass is 10.2. The Labute approximate surface area is 136 Å². The molecular weight excluding hydrogens is 356 g/mol. The number of carbonyl (C=O) groups excluding carboxylic acids is 1. The molecule has 1 aromatic heterocycles. The Morgan fingerprint density at radius 2 is 2.14 bits per heavy atom. The molecule has 2 rings (SSSR count). The summed E-state index contributed by atoms with van der Waals surface area (Å²) < 4.78 is 6.02. The standard InChI is InChI=1S/C15H14BrClN2O2/c1-3-10-6-9(7-14(17)18-10)15(20)19-11-4-5-12(16)13(8-11)21-2/h4-8H,3H2,1-2H3,(H,19,20). The summed E-state index contributed by atoms with van der Waals surface area (Å²) in [6.45, 7) is 1.96. The molecule has 0 spiro atoms. The topological polar surface area (TPSA) is 51.2 Å². The van der Waals surface area contributed by atoms with Gasteiger partial charge in [0.2, 0.25) is 0 Å². The van der Waals surface area contributed by atoms with Gasteiger partial charge >= 0.3 is 0 Å². The maximum absolute atomic E-state index is 12.3. The number of amides is 1. The Morgan fingerprint density at radius 1 is 1.38 bits per heavy atom. The van der Waals surface area contributed by atoms with Crippen LogP contribution in [0.5, 0.6) is 5.75 Å². The number of pyridine rings is 1. The number of anilines is 1. The average Bonchev–Trinajstić information content (AvgIpc) is 2.48. The van der Waals surface area contributed by atoms with Gasteiger partial charge < -0.3 is 10.1 Å². The summed E-state index contributed by atoms with van der Waals surface area (Å²) in [6.07, 6.45) is 0.715. The summed E-state index contributed by atoms with van der Waals surface area (Å²) >= 11 is 9.29. The van der Waals surface area contributed by atoms with E-state index in [1.165, 1.54) is 0 Å². The second kappa shape index (κ2) is 6.91. The maximum atomic E-state index is 12.3. The van der Waals surface area contributed by atoms with Crippen LogP contribution in [0.25, 0.3) is 0 Å². The Balaban J connectivity index is 2.23. The van der Waals surface area contributed by atoms with Crippen LogP contribution in [-0.4, -0.2) is 18.0 Å². The highest BCUT2D eigenvalue weighted by Crippen LogP contribution is 2.28. The lowest BCUT2D eigenvalue weighted by Gasteiger charge is -2.09. The van der Waals surface area contributed by atoms with E-state index >= 15 is 0 Å². The third-order valence-electron chi connectivity index (χ3n) is 2.88. The lowest BCUT2D eigenvalue weighted by molar-refractivity contribution is 0.102. The Kier molecular flexibility index (Phi) is 5.20. The molecule has 0 saturated heterocycles. The van der Waals surface area contributed by atoms with E-state index in [1.807, 2.05) is 13.0 Å². The molecule has 6 heteroatoms. The minimum atomic E-state index is -0.238. The van der Waals surface area contributed by atoms with E-state index in [1.54, 1.807) is 31.4 Å². The smallest absolute Gasteiger partial charge is 0.255 e. The number of carbonyl (C=O) groups is 1. The van der Waals surface area contributed by atoms with Crippen LogP contribution < -0.4 is 10.1 Å². The van der Waals surface area contributed by atoms with Crippen molar-refractivity contribution in [2.75, 3.05) is 12.4 Å². The van der Waals surface area contributed by atoms with Gasteiger partial charge in [-0.1, -0.05) is 18.5 Å². The second-order valence-corrected chi connectivity index (χ2v) is 5.57. The summed E-state index contributed by atoms with van der Waals surface area (Å²) in [5.41, 5.74) is 1.90. The van der Waals surface area contributed by atoms with E-state index in [-0.39, 0.29) is 5.91 Å². The predicted molar refractivity (Wildman–Crippen MR) is 87.3 cm³/mol. The van der Waals surface area contributed by atoms with Crippen molar-refractivity contribution in [2.45, 2.75) is 13.3 Å². The van der Waals surface area contributed by atoms with Crippen molar-refractivity contribution >= 4 is 39.1 Å². The van der Waals surface area contributed by atoms with Gasteiger partial charge in [0.05, 0.1) is 11.6 Å². The molecule has 0 unspecified atom stereocenters. The van der Waals surface area contributed by atoms with Crippen molar-refractivity contribution < 1.29 is 9.53 Å². The zero-order chi connectivity index (χ0) is 15.4. The number of halogens is 2. The highest BCUT2D eigenvalue weighted by molar-refractivity contribution is 9.10. The molecule has 1 heterocycles. The molecule has 0 aliphatic carbocycles. The largest absolute Gasteiger partial charge is 0.495 e. The summed E-state index contributed by atoms with van der Waals surface area (Å²) in [4.78, 5) is 16.4. The van der Waals surface area contributed by atoms with Crippen LogP contribution in [0.1, 0.15) is 23.0 Å². The molecule has 1 N–H and O–H groups in total. The summed E-state index contributed by atoms with van der Waals surface area (Å²) in [7, 11) is 1.57. The van der Waals surface area contributed by atoms with Crippen molar-refractivity contribution in [3.63, 3.8) is 0 Å². The first-order chi connectivity index (χ1) is 10.0.